The first kappa shape index (κ1) is 31.9. The van der Waals surface area contributed by atoms with Crippen molar-refractivity contribution in [2.45, 2.75) is 39.3 Å². The Morgan fingerprint density at radius 2 is 1.93 bits per heavy atom. The van der Waals surface area contributed by atoms with Gasteiger partial charge in [0, 0.05) is 68.5 Å². The zero-order chi connectivity index (χ0) is 32.7. The van der Waals surface area contributed by atoms with E-state index in [-0.39, 0.29) is 45.3 Å². The quantitative estimate of drug-likeness (QED) is 0.139. The van der Waals surface area contributed by atoms with Crippen LogP contribution in [0.4, 0.5) is 27.1 Å². The Morgan fingerprint density at radius 3 is 2.60 bits per heavy atom. The van der Waals surface area contributed by atoms with Crippen LogP contribution in [0.5, 0.6) is 0 Å². The average molecular weight is 633 g/mol. The minimum atomic E-state index is -0.935. The van der Waals surface area contributed by atoms with Gasteiger partial charge in [-0.1, -0.05) is 24.2 Å². The Kier molecular flexibility index (Phi) is 8.86. The molecule has 2 aliphatic heterocycles. The van der Waals surface area contributed by atoms with E-state index < -0.39 is 11.9 Å². The highest BCUT2D eigenvalue weighted by atomic mass is 35.5. The first-order chi connectivity index (χ1) is 21.4. The molecule has 5 rings (SSSR count). The lowest BCUT2D eigenvalue weighted by molar-refractivity contribution is -0.128. The summed E-state index contributed by atoms with van der Waals surface area (Å²) in [5.41, 5.74) is 10.3. The molecule has 236 valence electrons. The summed E-state index contributed by atoms with van der Waals surface area (Å²) in [7, 11) is 1.77. The predicted molar refractivity (Wildman–Crippen MR) is 179 cm³/mol. The predicted octanol–water partition coefficient (Wildman–Crippen LogP) is 5.40. The number of rotatable bonds is 6. The van der Waals surface area contributed by atoms with E-state index >= 15 is 4.39 Å². The average Bonchev–Trinajstić information content (AvgIpc) is 3.01. The summed E-state index contributed by atoms with van der Waals surface area (Å²) in [6, 6.07) is 5.02. The second kappa shape index (κ2) is 12.5. The number of aromatic nitrogens is 1. The van der Waals surface area contributed by atoms with Gasteiger partial charge in [0.05, 0.1) is 39.4 Å². The standard InChI is InChI=1S/C33H38ClFN8O2/c1-6-23(45)42-13-14-43-20(16-42)10-12-41(5)32-26(33(43)38)31(40-29-18(3)9-11-39-30(29)19(4)44)27(34)25(28(32)35)24-17(2)7-8-22(37)21(24)15-36/h6-9,11,15,19-20,36,38,40,44H,1,10,12-14,16,37H2,2-5H3. The monoisotopic (exact) mass is 632 g/mol. The molecular formula is C33H38ClFN8O2. The Labute approximate surface area is 267 Å². The summed E-state index contributed by atoms with van der Waals surface area (Å²) in [6.45, 7) is 10.4. The number of carbonyl (C=O) groups excluding carboxylic acids is 1. The topological polar surface area (TPSA) is 146 Å². The smallest absolute Gasteiger partial charge is 0.246 e. The lowest BCUT2D eigenvalue weighted by Crippen LogP contribution is -2.58. The zero-order valence-electron chi connectivity index (χ0n) is 25.8. The van der Waals surface area contributed by atoms with E-state index in [1.165, 1.54) is 6.08 Å². The van der Waals surface area contributed by atoms with Crippen molar-refractivity contribution in [2.24, 2.45) is 0 Å². The number of pyridine rings is 1. The lowest BCUT2D eigenvalue weighted by Gasteiger charge is -2.45. The van der Waals surface area contributed by atoms with Crippen LogP contribution < -0.4 is 16.0 Å². The molecular weight excluding hydrogens is 595 g/mol. The molecule has 2 aliphatic rings. The van der Waals surface area contributed by atoms with Gasteiger partial charge in [-0.05, 0) is 62.1 Å². The van der Waals surface area contributed by atoms with Gasteiger partial charge in [-0.25, -0.2) is 4.39 Å². The van der Waals surface area contributed by atoms with E-state index in [0.717, 1.165) is 11.8 Å². The van der Waals surface area contributed by atoms with Crippen molar-refractivity contribution < 1.29 is 14.3 Å². The first-order valence-corrected chi connectivity index (χ1v) is 15.1. The molecule has 2 atom stereocenters. The number of amidine groups is 1. The van der Waals surface area contributed by atoms with Crippen LogP contribution in [-0.2, 0) is 4.79 Å². The van der Waals surface area contributed by atoms with E-state index in [2.05, 4.69) is 16.9 Å². The molecule has 2 unspecified atom stereocenters. The number of aliphatic hydroxyl groups is 1. The van der Waals surface area contributed by atoms with Gasteiger partial charge in [-0.2, -0.15) is 0 Å². The largest absolute Gasteiger partial charge is 0.398 e. The number of piperazine rings is 1. The number of aryl methyl sites for hydroxylation is 2. The summed E-state index contributed by atoms with van der Waals surface area (Å²) in [5, 5.41) is 31.7. The number of nitrogens with one attached hydrogen (secondary N) is 3. The maximum atomic E-state index is 17.2. The highest BCUT2D eigenvalue weighted by Gasteiger charge is 2.38. The summed E-state index contributed by atoms with van der Waals surface area (Å²) >= 11 is 7.24. The fourth-order valence-electron chi connectivity index (χ4n) is 6.34. The maximum Gasteiger partial charge on any atom is 0.246 e. The molecule has 6 N–H and O–H groups in total. The number of carbonyl (C=O) groups is 1. The number of hydrogen-bond acceptors (Lipinski definition) is 8. The van der Waals surface area contributed by atoms with Crippen LogP contribution in [0.3, 0.4) is 0 Å². The van der Waals surface area contributed by atoms with Crippen molar-refractivity contribution in [3.05, 3.63) is 75.8 Å². The second-order valence-corrected chi connectivity index (χ2v) is 12.0. The molecule has 0 radical (unpaired) electrons. The molecule has 1 amide bonds. The number of nitrogens with zero attached hydrogens (tertiary/aromatic N) is 4. The number of amides is 1. The fraction of sp³-hybridized carbons (Fsp3) is 0.333. The van der Waals surface area contributed by atoms with Crippen molar-refractivity contribution in [3.63, 3.8) is 0 Å². The number of benzene rings is 2. The summed E-state index contributed by atoms with van der Waals surface area (Å²) < 4.78 is 17.2. The number of halogens is 2. The third-order valence-electron chi connectivity index (χ3n) is 8.74. The van der Waals surface area contributed by atoms with Gasteiger partial charge in [0.15, 0.2) is 5.82 Å². The number of aliphatic hydroxyl groups excluding tert-OH is 1. The Bertz CT molecular complexity index is 1730. The van der Waals surface area contributed by atoms with E-state index in [4.69, 9.17) is 22.7 Å². The lowest BCUT2D eigenvalue weighted by atomic mass is 9.89. The molecule has 0 spiro atoms. The molecule has 0 aliphatic carbocycles. The van der Waals surface area contributed by atoms with Gasteiger partial charge < -0.3 is 36.3 Å². The van der Waals surface area contributed by atoms with E-state index in [0.29, 0.717) is 66.4 Å². The van der Waals surface area contributed by atoms with Crippen LogP contribution in [-0.4, -0.2) is 77.1 Å². The minimum absolute atomic E-state index is 0.00131. The van der Waals surface area contributed by atoms with E-state index in [1.54, 1.807) is 55.1 Å². The number of nitrogens with two attached hydrogens (primary N) is 1. The van der Waals surface area contributed by atoms with Gasteiger partial charge in [0.2, 0.25) is 5.91 Å². The SMILES string of the molecule is C=CC(=O)N1CCN2C(=N)c3c(Nc4c(C)ccnc4C(C)O)c(Cl)c(-c4c(C)ccc(N)c4C=N)c(F)c3N(C)CCC2C1. The maximum absolute atomic E-state index is 17.2. The van der Waals surface area contributed by atoms with Gasteiger partial charge in [-0.15, -0.1) is 0 Å². The summed E-state index contributed by atoms with van der Waals surface area (Å²) in [6.07, 6.45) is 3.61. The molecule has 0 bridgehead atoms. The van der Waals surface area contributed by atoms with Crippen molar-refractivity contribution >= 4 is 52.3 Å². The van der Waals surface area contributed by atoms with E-state index in [1.807, 2.05) is 11.8 Å². The van der Waals surface area contributed by atoms with E-state index in [9.17, 15) is 15.3 Å². The highest BCUT2D eigenvalue weighted by molar-refractivity contribution is 6.38. The molecule has 1 aromatic heterocycles. The molecule has 45 heavy (non-hydrogen) atoms. The Morgan fingerprint density at radius 1 is 1.20 bits per heavy atom. The Hall–Kier alpha value is -4.48. The normalized spacial score (nSPS) is 17.2. The van der Waals surface area contributed by atoms with Crippen LogP contribution in [0.2, 0.25) is 5.02 Å². The first-order valence-electron chi connectivity index (χ1n) is 14.7. The van der Waals surface area contributed by atoms with Crippen LogP contribution in [0.25, 0.3) is 11.1 Å². The number of anilines is 4. The zero-order valence-corrected chi connectivity index (χ0v) is 26.6. The van der Waals surface area contributed by atoms with Gasteiger partial charge in [0.1, 0.15) is 5.84 Å². The van der Waals surface area contributed by atoms with Gasteiger partial charge in [0.25, 0.3) is 0 Å². The van der Waals surface area contributed by atoms with Crippen LogP contribution in [0.1, 0.15) is 47.4 Å². The molecule has 1 fully saturated rings. The van der Waals surface area contributed by atoms with Crippen molar-refractivity contribution in [1.29, 1.82) is 10.8 Å². The number of hydrogen-bond donors (Lipinski definition) is 5. The molecule has 3 aromatic rings. The fourth-order valence-corrected chi connectivity index (χ4v) is 6.66. The molecule has 12 heteroatoms. The molecule has 1 saturated heterocycles. The van der Waals surface area contributed by atoms with Crippen molar-refractivity contribution in [3.8, 4) is 11.1 Å². The molecule has 3 heterocycles. The van der Waals surface area contributed by atoms with Gasteiger partial charge >= 0.3 is 0 Å². The summed E-state index contributed by atoms with van der Waals surface area (Å²) in [5.74, 6) is -0.753. The highest BCUT2D eigenvalue weighted by Crippen LogP contribution is 2.49. The van der Waals surface area contributed by atoms with Gasteiger partial charge in [-0.3, -0.25) is 15.2 Å². The minimum Gasteiger partial charge on any atom is -0.398 e. The van der Waals surface area contributed by atoms with Crippen molar-refractivity contribution in [1.82, 2.24) is 14.8 Å². The molecule has 0 saturated carbocycles. The summed E-state index contributed by atoms with van der Waals surface area (Å²) in [4.78, 5) is 22.3. The van der Waals surface area contributed by atoms with Crippen LogP contribution in [0, 0.1) is 30.5 Å². The molecule has 2 aromatic carbocycles. The molecule has 10 nitrogen and oxygen atoms in total. The second-order valence-electron chi connectivity index (χ2n) is 11.6. The van der Waals surface area contributed by atoms with Crippen LogP contribution >= 0.6 is 11.6 Å². The van der Waals surface area contributed by atoms with Crippen LogP contribution in [0.15, 0.2) is 37.1 Å². The third kappa shape index (κ3) is 5.51. The van der Waals surface area contributed by atoms with Crippen molar-refractivity contribution in [2.75, 3.05) is 49.2 Å². The Balaban J connectivity index is 1.83. The number of nitrogen functional groups attached to an aromatic ring is 1. The third-order valence-corrected chi connectivity index (χ3v) is 9.12. The number of fused-ring (bicyclic) bond motifs is 2.